The van der Waals surface area contributed by atoms with Gasteiger partial charge in [0.15, 0.2) is 0 Å². The van der Waals surface area contributed by atoms with Gasteiger partial charge in [0.2, 0.25) is 5.91 Å². The van der Waals surface area contributed by atoms with E-state index < -0.39 is 0 Å². The summed E-state index contributed by atoms with van der Waals surface area (Å²) in [6, 6.07) is 8.71. The van der Waals surface area contributed by atoms with E-state index in [0.717, 1.165) is 51.9 Å². The molecule has 3 fully saturated rings. The summed E-state index contributed by atoms with van der Waals surface area (Å²) < 4.78 is 6.08. The van der Waals surface area contributed by atoms with Crippen molar-refractivity contribution in [1.29, 1.82) is 0 Å². The molecule has 27 heavy (non-hydrogen) atoms. The Labute approximate surface area is 163 Å². The Hall–Kier alpha value is -1.39. The van der Waals surface area contributed by atoms with E-state index in [1.807, 2.05) is 0 Å². The zero-order valence-electron chi connectivity index (χ0n) is 17.0. The van der Waals surface area contributed by atoms with Gasteiger partial charge in [-0.15, -0.1) is 0 Å². The number of carbonyl (C=O) groups is 1. The van der Waals surface area contributed by atoms with Gasteiger partial charge in [0.1, 0.15) is 0 Å². The summed E-state index contributed by atoms with van der Waals surface area (Å²) in [7, 11) is 0. The normalized spacial score (nSPS) is 25.3. The van der Waals surface area contributed by atoms with Crippen LogP contribution in [0.2, 0.25) is 0 Å². The summed E-state index contributed by atoms with van der Waals surface area (Å²) in [6.45, 7) is 10.8. The molecule has 0 bridgehead atoms. The quantitative estimate of drug-likeness (QED) is 0.768. The number of carbonyl (C=O) groups excluding carboxylic acids is 1. The van der Waals surface area contributed by atoms with Crippen molar-refractivity contribution in [1.82, 2.24) is 9.80 Å². The van der Waals surface area contributed by atoms with Gasteiger partial charge in [-0.2, -0.15) is 0 Å². The first-order valence-electron chi connectivity index (χ1n) is 10.7. The summed E-state index contributed by atoms with van der Waals surface area (Å²) in [5, 5.41) is 0. The lowest BCUT2D eigenvalue weighted by Crippen LogP contribution is -2.45. The molecule has 1 aromatic carbocycles. The van der Waals surface area contributed by atoms with E-state index >= 15 is 0 Å². The van der Waals surface area contributed by atoms with Gasteiger partial charge in [-0.1, -0.05) is 24.3 Å². The van der Waals surface area contributed by atoms with E-state index in [2.05, 4.69) is 41.0 Å². The van der Waals surface area contributed by atoms with Crippen molar-refractivity contribution >= 4 is 5.91 Å². The highest BCUT2D eigenvalue weighted by Gasteiger charge is 2.48. The zero-order valence-corrected chi connectivity index (χ0v) is 17.0. The van der Waals surface area contributed by atoms with E-state index in [1.54, 1.807) is 6.92 Å². The highest BCUT2D eigenvalue weighted by molar-refractivity contribution is 5.73. The van der Waals surface area contributed by atoms with Gasteiger partial charge in [0.05, 0.1) is 6.61 Å². The monoisotopic (exact) mass is 370 g/mol. The fraction of sp³-hybridized carbons (Fsp3) is 0.696. The third-order valence-electron chi connectivity index (χ3n) is 7.13. The van der Waals surface area contributed by atoms with Gasteiger partial charge in [-0.25, -0.2) is 0 Å². The van der Waals surface area contributed by atoms with Gasteiger partial charge in [0, 0.05) is 39.1 Å². The van der Waals surface area contributed by atoms with Crippen LogP contribution in [-0.4, -0.2) is 55.1 Å². The van der Waals surface area contributed by atoms with Crippen LogP contribution in [0, 0.1) is 24.2 Å². The first-order valence-corrected chi connectivity index (χ1v) is 10.7. The molecule has 0 unspecified atom stereocenters. The maximum absolute atomic E-state index is 12.0. The summed E-state index contributed by atoms with van der Waals surface area (Å²) in [5.74, 6) is 1.53. The number of amides is 1. The third-order valence-corrected chi connectivity index (χ3v) is 7.13. The van der Waals surface area contributed by atoms with Crippen molar-refractivity contribution in [2.24, 2.45) is 17.3 Å². The standard InChI is InChI=1S/C23H34N2O2/c1-18-5-3-4-6-21(18)13-24-11-9-23(10-12-24)17-25(19(2)26)14-22(23)16-27-15-20-7-8-20/h3-6,20,22H,7-17H2,1-2H3/t22-/m1/s1. The van der Waals surface area contributed by atoms with Crippen molar-refractivity contribution in [3.63, 3.8) is 0 Å². The average Bonchev–Trinajstić information content (AvgIpc) is 3.41. The summed E-state index contributed by atoms with van der Waals surface area (Å²) in [5.41, 5.74) is 3.08. The number of hydrogen-bond donors (Lipinski definition) is 0. The minimum atomic E-state index is 0.224. The maximum atomic E-state index is 12.0. The Morgan fingerprint density at radius 1 is 1.19 bits per heavy atom. The second-order valence-corrected chi connectivity index (χ2v) is 9.14. The van der Waals surface area contributed by atoms with Gasteiger partial charge in [-0.3, -0.25) is 9.69 Å². The topological polar surface area (TPSA) is 32.8 Å². The van der Waals surface area contributed by atoms with Crippen molar-refractivity contribution < 1.29 is 9.53 Å². The third kappa shape index (κ3) is 4.38. The average molecular weight is 371 g/mol. The second-order valence-electron chi connectivity index (χ2n) is 9.14. The molecule has 4 heteroatoms. The van der Waals surface area contributed by atoms with Crippen LogP contribution in [0.3, 0.4) is 0 Å². The number of piperidine rings is 1. The minimum Gasteiger partial charge on any atom is -0.381 e. The minimum absolute atomic E-state index is 0.224. The van der Waals surface area contributed by atoms with Gasteiger partial charge >= 0.3 is 0 Å². The smallest absolute Gasteiger partial charge is 0.219 e. The molecule has 4 rings (SSSR count). The van der Waals surface area contributed by atoms with Crippen molar-refractivity contribution in [3.8, 4) is 0 Å². The molecule has 0 radical (unpaired) electrons. The van der Waals surface area contributed by atoms with E-state index in [-0.39, 0.29) is 11.3 Å². The van der Waals surface area contributed by atoms with Crippen LogP contribution in [0.1, 0.15) is 43.7 Å². The molecular formula is C23H34N2O2. The lowest BCUT2D eigenvalue weighted by molar-refractivity contribution is -0.128. The lowest BCUT2D eigenvalue weighted by Gasteiger charge is -2.42. The van der Waals surface area contributed by atoms with Gasteiger partial charge in [0.25, 0.3) is 0 Å². The van der Waals surface area contributed by atoms with Gasteiger partial charge < -0.3 is 9.64 Å². The van der Waals surface area contributed by atoms with Crippen LogP contribution in [-0.2, 0) is 16.1 Å². The number of aryl methyl sites for hydroxylation is 1. The van der Waals surface area contributed by atoms with Crippen LogP contribution in [0.4, 0.5) is 0 Å². The number of likely N-dealkylation sites (tertiary alicyclic amines) is 2. The largest absolute Gasteiger partial charge is 0.381 e. The molecule has 3 aliphatic rings. The fourth-order valence-electron chi connectivity index (χ4n) is 4.92. The van der Waals surface area contributed by atoms with Crippen LogP contribution in [0.25, 0.3) is 0 Å². The lowest BCUT2D eigenvalue weighted by atomic mass is 9.71. The number of benzene rings is 1. The van der Waals surface area contributed by atoms with Crippen LogP contribution < -0.4 is 0 Å². The Morgan fingerprint density at radius 3 is 2.59 bits per heavy atom. The van der Waals surface area contributed by atoms with Crippen LogP contribution in [0.5, 0.6) is 0 Å². The first kappa shape index (κ1) is 18.9. The molecule has 0 aromatic heterocycles. The molecule has 1 saturated carbocycles. The molecule has 2 heterocycles. The SMILES string of the molecule is CC(=O)N1C[C@H](COCC2CC2)C2(CCN(Cc3ccccc3C)CC2)C1. The molecule has 148 valence electrons. The Morgan fingerprint density at radius 2 is 1.93 bits per heavy atom. The number of ether oxygens (including phenoxy) is 1. The Kier molecular flexibility index (Phi) is 5.56. The van der Waals surface area contributed by atoms with E-state index in [1.165, 1.54) is 36.8 Å². The van der Waals surface area contributed by atoms with Crippen molar-refractivity contribution in [2.45, 2.75) is 46.1 Å². The molecule has 1 aliphatic carbocycles. The predicted octanol–water partition coefficient (Wildman–Crippen LogP) is 3.48. The van der Waals surface area contributed by atoms with Crippen molar-refractivity contribution in [3.05, 3.63) is 35.4 Å². The van der Waals surface area contributed by atoms with Gasteiger partial charge in [-0.05, 0) is 68.2 Å². The summed E-state index contributed by atoms with van der Waals surface area (Å²) in [4.78, 5) is 16.7. The number of hydrogen-bond acceptors (Lipinski definition) is 3. The molecule has 1 amide bonds. The van der Waals surface area contributed by atoms with E-state index in [9.17, 15) is 4.79 Å². The molecule has 1 spiro atoms. The Balaban J connectivity index is 1.37. The first-order chi connectivity index (χ1) is 13.1. The molecule has 0 N–H and O–H groups in total. The van der Waals surface area contributed by atoms with Crippen LogP contribution in [0.15, 0.2) is 24.3 Å². The highest BCUT2D eigenvalue weighted by atomic mass is 16.5. The summed E-state index contributed by atoms with van der Waals surface area (Å²) in [6.07, 6.45) is 5.03. The molecule has 1 atom stereocenters. The maximum Gasteiger partial charge on any atom is 0.219 e. The molecule has 2 aliphatic heterocycles. The highest BCUT2D eigenvalue weighted by Crippen LogP contribution is 2.45. The molecule has 1 aromatic rings. The predicted molar refractivity (Wildman–Crippen MR) is 107 cm³/mol. The number of nitrogens with zero attached hydrogens (tertiary/aromatic N) is 2. The number of rotatable bonds is 6. The van der Waals surface area contributed by atoms with E-state index in [4.69, 9.17) is 4.74 Å². The molecular weight excluding hydrogens is 336 g/mol. The summed E-state index contributed by atoms with van der Waals surface area (Å²) >= 11 is 0. The second kappa shape index (κ2) is 7.92. The van der Waals surface area contributed by atoms with Crippen molar-refractivity contribution in [2.75, 3.05) is 39.4 Å². The fourth-order valence-corrected chi connectivity index (χ4v) is 4.92. The molecule has 4 nitrogen and oxygen atoms in total. The molecule has 2 saturated heterocycles. The van der Waals surface area contributed by atoms with E-state index in [0.29, 0.717) is 5.92 Å². The zero-order chi connectivity index (χ0) is 18.9. The Bertz CT molecular complexity index is 662. The van der Waals surface area contributed by atoms with Crippen LogP contribution >= 0.6 is 0 Å².